The summed E-state index contributed by atoms with van der Waals surface area (Å²) in [6, 6.07) is 6.63. The average molecular weight is 195 g/mol. The largest absolute Gasteiger partial charge is 0.313 e. The molecule has 1 rings (SSSR count). The Morgan fingerprint density at radius 1 is 1.38 bits per heavy atom. The quantitative estimate of drug-likeness (QED) is 0.741. The molecule has 72 valence electrons. The molecule has 1 aromatic rings. The summed E-state index contributed by atoms with van der Waals surface area (Å²) in [5.74, 6) is 0. The lowest BCUT2D eigenvalue weighted by Gasteiger charge is -2.08. The highest BCUT2D eigenvalue weighted by molar-refractivity contribution is 7.98. The lowest BCUT2D eigenvalue weighted by atomic mass is 10.1. The van der Waals surface area contributed by atoms with E-state index in [9.17, 15) is 0 Å². The van der Waals surface area contributed by atoms with Crippen molar-refractivity contribution in [1.82, 2.24) is 5.32 Å². The summed E-state index contributed by atoms with van der Waals surface area (Å²) < 4.78 is 0. The van der Waals surface area contributed by atoms with Crippen LogP contribution in [0.25, 0.3) is 0 Å². The van der Waals surface area contributed by atoms with Gasteiger partial charge in [-0.15, -0.1) is 11.8 Å². The molecule has 0 aliphatic rings. The van der Waals surface area contributed by atoms with E-state index in [0.29, 0.717) is 0 Å². The summed E-state index contributed by atoms with van der Waals surface area (Å²) in [7, 11) is 0. The molecule has 0 spiro atoms. The second-order valence-corrected chi connectivity index (χ2v) is 3.94. The first kappa shape index (κ1) is 10.6. The Bertz CT molecular complexity index is 271. The molecule has 1 aromatic carbocycles. The van der Waals surface area contributed by atoms with Crippen LogP contribution >= 0.6 is 11.8 Å². The van der Waals surface area contributed by atoms with Gasteiger partial charge in [-0.1, -0.05) is 24.6 Å². The Kier molecular flexibility index (Phi) is 4.33. The lowest BCUT2D eigenvalue weighted by molar-refractivity contribution is 0.717. The maximum atomic E-state index is 3.35. The van der Waals surface area contributed by atoms with Crippen molar-refractivity contribution in [3.63, 3.8) is 0 Å². The zero-order valence-corrected chi connectivity index (χ0v) is 9.37. The van der Waals surface area contributed by atoms with E-state index in [1.54, 1.807) is 0 Å². The van der Waals surface area contributed by atoms with Crippen molar-refractivity contribution in [2.75, 3.05) is 12.8 Å². The zero-order valence-electron chi connectivity index (χ0n) is 8.55. The Labute approximate surface area is 84.9 Å². The number of thioether (sulfide) groups is 1. The number of hydrogen-bond acceptors (Lipinski definition) is 2. The van der Waals surface area contributed by atoms with Crippen LogP contribution in [0.15, 0.2) is 23.1 Å². The number of nitrogens with one attached hydrogen (secondary N) is 1. The molecule has 0 aliphatic carbocycles. The van der Waals surface area contributed by atoms with E-state index in [-0.39, 0.29) is 0 Å². The molecule has 0 heterocycles. The van der Waals surface area contributed by atoms with Crippen molar-refractivity contribution in [3.05, 3.63) is 29.3 Å². The molecule has 0 aromatic heterocycles. The first-order valence-corrected chi connectivity index (χ1v) is 5.84. The third kappa shape index (κ3) is 3.05. The molecule has 13 heavy (non-hydrogen) atoms. The van der Waals surface area contributed by atoms with Crippen LogP contribution in [0.5, 0.6) is 0 Å². The second-order valence-electron chi connectivity index (χ2n) is 3.10. The molecule has 0 amide bonds. The molecule has 2 heteroatoms. The Morgan fingerprint density at radius 3 is 2.77 bits per heavy atom. The van der Waals surface area contributed by atoms with E-state index >= 15 is 0 Å². The fraction of sp³-hybridized carbons (Fsp3) is 0.455. The topological polar surface area (TPSA) is 12.0 Å². The minimum Gasteiger partial charge on any atom is -0.313 e. The highest BCUT2D eigenvalue weighted by Gasteiger charge is 2.00. The normalized spacial score (nSPS) is 10.4. The van der Waals surface area contributed by atoms with Crippen LogP contribution in [0, 0.1) is 6.92 Å². The van der Waals surface area contributed by atoms with Gasteiger partial charge in [0.15, 0.2) is 0 Å². The van der Waals surface area contributed by atoms with Crippen molar-refractivity contribution in [3.8, 4) is 0 Å². The molecular weight excluding hydrogens is 178 g/mol. The monoisotopic (exact) mass is 195 g/mol. The third-order valence-corrected chi connectivity index (χ3v) is 2.84. The standard InChI is InChI=1S/C11H17NS/c1-4-12-8-10-7-9(2)5-6-11(10)13-3/h5-7,12H,4,8H2,1-3H3. The van der Waals surface area contributed by atoms with Gasteiger partial charge in [-0.2, -0.15) is 0 Å². The van der Waals surface area contributed by atoms with E-state index in [1.165, 1.54) is 16.0 Å². The summed E-state index contributed by atoms with van der Waals surface area (Å²) in [6.07, 6.45) is 2.13. The SMILES string of the molecule is CCNCc1cc(C)ccc1SC. The molecule has 1 N–H and O–H groups in total. The summed E-state index contributed by atoms with van der Waals surface area (Å²) in [5, 5.41) is 3.35. The van der Waals surface area contributed by atoms with Gasteiger partial charge in [0.05, 0.1) is 0 Å². The number of benzene rings is 1. The van der Waals surface area contributed by atoms with E-state index in [0.717, 1.165) is 13.1 Å². The maximum absolute atomic E-state index is 3.35. The Hall–Kier alpha value is -0.470. The molecule has 0 saturated heterocycles. The molecule has 0 fully saturated rings. The fourth-order valence-electron chi connectivity index (χ4n) is 1.31. The van der Waals surface area contributed by atoms with Gasteiger partial charge < -0.3 is 5.32 Å². The van der Waals surface area contributed by atoms with E-state index in [2.05, 4.69) is 43.6 Å². The number of rotatable bonds is 4. The van der Waals surface area contributed by atoms with Crippen LogP contribution in [0.1, 0.15) is 18.1 Å². The molecule has 0 radical (unpaired) electrons. The van der Waals surface area contributed by atoms with Crippen LogP contribution in [-0.4, -0.2) is 12.8 Å². The third-order valence-electron chi connectivity index (χ3n) is 2.00. The average Bonchev–Trinajstić information content (AvgIpc) is 2.15. The van der Waals surface area contributed by atoms with Gasteiger partial charge >= 0.3 is 0 Å². The predicted octanol–water partition coefficient (Wildman–Crippen LogP) is 2.83. The van der Waals surface area contributed by atoms with Crippen LogP contribution in [0.3, 0.4) is 0 Å². The second kappa shape index (κ2) is 5.30. The van der Waals surface area contributed by atoms with Crippen LogP contribution in [0.2, 0.25) is 0 Å². The van der Waals surface area contributed by atoms with Crippen molar-refractivity contribution in [1.29, 1.82) is 0 Å². The Morgan fingerprint density at radius 2 is 2.15 bits per heavy atom. The van der Waals surface area contributed by atoms with Crippen molar-refractivity contribution in [2.45, 2.75) is 25.3 Å². The lowest BCUT2D eigenvalue weighted by Crippen LogP contribution is -2.12. The van der Waals surface area contributed by atoms with Gasteiger partial charge in [0.1, 0.15) is 0 Å². The first-order valence-electron chi connectivity index (χ1n) is 4.62. The molecular formula is C11H17NS. The molecule has 1 nitrogen and oxygen atoms in total. The van der Waals surface area contributed by atoms with Gasteiger partial charge in [0.25, 0.3) is 0 Å². The van der Waals surface area contributed by atoms with Gasteiger partial charge in [0.2, 0.25) is 0 Å². The van der Waals surface area contributed by atoms with Gasteiger partial charge in [-0.25, -0.2) is 0 Å². The fourth-order valence-corrected chi connectivity index (χ4v) is 1.90. The molecule has 0 bridgehead atoms. The minimum atomic E-state index is 0.981. The predicted molar refractivity (Wildman–Crippen MR) is 60.3 cm³/mol. The van der Waals surface area contributed by atoms with Crippen LogP contribution in [-0.2, 0) is 6.54 Å². The van der Waals surface area contributed by atoms with Crippen molar-refractivity contribution < 1.29 is 0 Å². The summed E-state index contributed by atoms with van der Waals surface area (Å²) in [6.45, 7) is 6.28. The van der Waals surface area contributed by atoms with Crippen molar-refractivity contribution in [2.24, 2.45) is 0 Å². The first-order chi connectivity index (χ1) is 6.27. The highest BCUT2D eigenvalue weighted by Crippen LogP contribution is 2.21. The summed E-state index contributed by atoms with van der Waals surface area (Å²) >= 11 is 1.81. The molecule has 0 unspecified atom stereocenters. The van der Waals surface area contributed by atoms with Crippen molar-refractivity contribution >= 4 is 11.8 Å². The molecule has 0 aliphatic heterocycles. The molecule has 0 atom stereocenters. The highest BCUT2D eigenvalue weighted by atomic mass is 32.2. The zero-order chi connectivity index (χ0) is 9.68. The van der Waals surface area contributed by atoms with E-state index in [4.69, 9.17) is 0 Å². The minimum absolute atomic E-state index is 0.981. The van der Waals surface area contributed by atoms with E-state index in [1.807, 2.05) is 11.8 Å². The Balaban J connectivity index is 2.81. The molecule has 0 saturated carbocycles. The summed E-state index contributed by atoms with van der Waals surface area (Å²) in [4.78, 5) is 1.38. The maximum Gasteiger partial charge on any atom is 0.0216 e. The number of hydrogen-bond donors (Lipinski definition) is 1. The van der Waals surface area contributed by atoms with E-state index < -0.39 is 0 Å². The smallest absolute Gasteiger partial charge is 0.0216 e. The van der Waals surface area contributed by atoms with Crippen LogP contribution in [0.4, 0.5) is 0 Å². The number of aryl methyl sites for hydroxylation is 1. The van der Waals surface area contributed by atoms with Gasteiger partial charge in [-0.05, 0) is 31.4 Å². The van der Waals surface area contributed by atoms with Gasteiger partial charge in [-0.3, -0.25) is 0 Å². The van der Waals surface area contributed by atoms with Crippen LogP contribution < -0.4 is 5.32 Å². The summed E-state index contributed by atoms with van der Waals surface area (Å²) in [5.41, 5.74) is 2.75. The van der Waals surface area contributed by atoms with Gasteiger partial charge in [0, 0.05) is 11.4 Å².